The molecule has 0 saturated carbocycles. The minimum Gasteiger partial charge on any atom is -0.453 e. The van der Waals surface area contributed by atoms with Crippen LogP contribution in [0.5, 0.6) is 0 Å². The van der Waals surface area contributed by atoms with Gasteiger partial charge in [-0.25, -0.2) is 33.4 Å². The summed E-state index contributed by atoms with van der Waals surface area (Å²) in [6, 6.07) is 3.68. The van der Waals surface area contributed by atoms with Crippen LogP contribution in [-0.4, -0.2) is 159 Å². The number of anilines is 1. The van der Waals surface area contributed by atoms with E-state index in [1.807, 2.05) is 23.7 Å². The van der Waals surface area contributed by atoms with E-state index in [2.05, 4.69) is 41.4 Å². The maximum Gasteiger partial charge on any atom is 0.407 e. The number of fused-ring (bicyclic) bond motifs is 2. The van der Waals surface area contributed by atoms with Crippen LogP contribution in [0.4, 0.5) is 59.3 Å². The van der Waals surface area contributed by atoms with Gasteiger partial charge in [-0.3, -0.25) is 19.9 Å². The minimum absolute atomic E-state index is 0.264. The number of aryl methyl sites for hydroxylation is 1. The molecule has 0 radical (unpaired) electrons. The van der Waals surface area contributed by atoms with Crippen molar-refractivity contribution < 1.29 is 82.4 Å². The second-order valence-corrected chi connectivity index (χ2v) is 21.1. The molecular weight excluding hydrogens is 1110 g/mol. The van der Waals surface area contributed by atoms with Gasteiger partial charge in [0, 0.05) is 79.1 Å². The van der Waals surface area contributed by atoms with Crippen molar-refractivity contribution in [2.24, 2.45) is 21.6 Å². The number of carbonyl (C=O) groups is 4. The zero-order valence-corrected chi connectivity index (χ0v) is 45.7. The van der Waals surface area contributed by atoms with Crippen LogP contribution in [0, 0.1) is 41.2 Å². The van der Waals surface area contributed by atoms with Crippen LogP contribution in [0.2, 0.25) is 0 Å². The molecule has 2 aromatic carbocycles. The number of hydrogen-bond acceptors (Lipinski definition) is 14. The number of halogens is 10. The number of benzene rings is 2. The molecule has 3 aromatic rings. The normalized spacial score (nSPS) is 18.7. The van der Waals surface area contributed by atoms with Crippen LogP contribution in [0.1, 0.15) is 73.9 Å². The van der Waals surface area contributed by atoms with Crippen LogP contribution in [0.15, 0.2) is 59.9 Å². The van der Waals surface area contributed by atoms with Crippen LogP contribution in [0.25, 0.3) is 5.57 Å². The number of nitrogens with two attached hydrogens (primary N) is 1. The quantitative estimate of drug-likeness (QED) is 0.0242. The maximum atomic E-state index is 16.0. The van der Waals surface area contributed by atoms with Crippen LogP contribution >= 0.6 is 0 Å². The Hall–Kier alpha value is -7.22. The molecule has 1 aromatic heterocycles. The molecule has 4 amide bonds. The Kier molecular flexibility index (Phi) is 20.6. The van der Waals surface area contributed by atoms with E-state index in [0.717, 1.165) is 64.7 Å². The van der Waals surface area contributed by atoms with Crippen molar-refractivity contribution >= 4 is 41.6 Å². The summed E-state index contributed by atoms with van der Waals surface area (Å²) in [7, 11) is 1.59. The highest BCUT2D eigenvalue weighted by Gasteiger charge is 2.57. The molecule has 2 bridgehead atoms. The molecule has 3 aliphatic heterocycles. The van der Waals surface area contributed by atoms with Crippen molar-refractivity contribution in [3.8, 4) is 11.8 Å². The Morgan fingerprint density at radius 1 is 0.854 bits per heavy atom. The van der Waals surface area contributed by atoms with E-state index in [9.17, 15) is 59.4 Å². The van der Waals surface area contributed by atoms with E-state index < -0.39 is 126 Å². The lowest BCUT2D eigenvalue weighted by atomic mass is 9.82. The van der Waals surface area contributed by atoms with Crippen molar-refractivity contribution in [3.63, 3.8) is 0 Å². The maximum absolute atomic E-state index is 16.0. The van der Waals surface area contributed by atoms with E-state index in [-0.39, 0.29) is 5.56 Å². The third kappa shape index (κ3) is 15.3. The predicted octanol–water partition coefficient (Wildman–Crippen LogP) is 6.26. The van der Waals surface area contributed by atoms with Gasteiger partial charge in [-0.15, -0.1) is 0 Å². The summed E-state index contributed by atoms with van der Waals surface area (Å²) in [5.41, 5.74) is 1.74. The monoisotopic (exact) mass is 1170 g/mol. The Balaban J connectivity index is 1.33. The number of aliphatic hydroxyl groups is 1. The molecule has 4 heterocycles. The molecule has 3 aliphatic rings. The number of ether oxygens (including phenoxy) is 3. The average molecular weight is 1170 g/mol. The smallest absolute Gasteiger partial charge is 0.407 e. The first-order chi connectivity index (χ1) is 38.4. The molecule has 28 heteroatoms. The topological polar surface area (TPSA) is 225 Å². The van der Waals surface area contributed by atoms with Gasteiger partial charge in [0.15, 0.2) is 0 Å². The van der Waals surface area contributed by atoms with Gasteiger partial charge in [-0.1, -0.05) is 24.0 Å². The largest absolute Gasteiger partial charge is 0.453 e. The fourth-order valence-electron chi connectivity index (χ4n) is 9.64. The van der Waals surface area contributed by atoms with E-state index in [4.69, 9.17) is 15.5 Å². The number of allylic oxidation sites excluding steroid dienone is 1. The van der Waals surface area contributed by atoms with Crippen LogP contribution in [0.3, 0.4) is 0 Å². The fourth-order valence-corrected chi connectivity index (χ4v) is 9.64. The summed E-state index contributed by atoms with van der Waals surface area (Å²) in [5.74, 6) is 0.786. The number of aliphatic imine (C=N–C) groups is 1. The van der Waals surface area contributed by atoms with Gasteiger partial charge in [-0.2, -0.15) is 35.1 Å². The molecule has 3 fully saturated rings. The SMILES string of the molecule is COC(=O)N[C@H](C(=O)N[C@@H](Cc1ccc(C#Cc2cnc(N3CC4CCC(C3)N4C3COC3)cc2C)cc1)[C@@H](O)CN(Cc1c(F)cc(C(C=NC(F)F)=CN)cc1F)NC(=O)[C@@H](NC(=O)OC)C(C)(C)C(F)(F)F)C(C)(C)C(F)(F)F. The number of piperazine rings is 1. The van der Waals surface area contributed by atoms with Crippen molar-refractivity contribution in [3.05, 3.63) is 99.9 Å². The number of hydrogen-bond donors (Lipinski definition) is 6. The number of rotatable bonds is 20. The van der Waals surface area contributed by atoms with E-state index >= 15 is 8.78 Å². The minimum atomic E-state index is -5.24. The molecule has 18 nitrogen and oxygen atoms in total. The number of amides is 4. The fraction of sp³-hybridized carbons (Fsp3) is 0.519. The second-order valence-electron chi connectivity index (χ2n) is 21.1. The molecule has 7 N–H and O–H groups in total. The molecule has 6 rings (SSSR count). The number of aromatic nitrogens is 1. The Labute approximate surface area is 466 Å². The van der Waals surface area contributed by atoms with Gasteiger partial charge in [-0.05, 0) is 101 Å². The van der Waals surface area contributed by atoms with Crippen LogP contribution < -0.4 is 32.0 Å². The average Bonchev–Trinajstić information content (AvgIpc) is 3.89. The number of pyridine rings is 1. The van der Waals surface area contributed by atoms with Gasteiger partial charge >= 0.3 is 31.1 Å². The van der Waals surface area contributed by atoms with Gasteiger partial charge in [0.25, 0.3) is 5.91 Å². The predicted molar refractivity (Wildman–Crippen MR) is 278 cm³/mol. The number of nitrogens with one attached hydrogen (secondary N) is 4. The third-order valence-corrected chi connectivity index (χ3v) is 14.9. The lowest BCUT2D eigenvalue weighted by molar-refractivity contribution is -0.221. The van der Waals surface area contributed by atoms with E-state index in [0.29, 0.717) is 86.5 Å². The summed E-state index contributed by atoms with van der Waals surface area (Å²) in [6.07, 6.45) is -11.0. The highest BCUT2D eigenvalue weighted by Crippen LogP contribution is 2.42. The number of carbonyl (C=O) groups excluding carboxylic acids is 4. The summed E-state index contributed by atoms with van der Waals surface area (Å²) in [5, 5.41) is 18.5. The number of methoxy groups -OCH3 is 2. The van der Waals surface area contributed by atoms with Gasteiger partial charge in [0.05, 0.1) is 56.5 Å². The summed E-state index contributed by atoms with van der Waals surface area (Å²) < 4.78 is 160. The Bertz CT molecular complexity index is 2870. The first-order valence-corrected chi connectivity index (χ1v) is 25.6. The first kappa shape index (κ1) is 64.0. The second kappa shape index (κ2) is 26.4. The highest BCUT2D eigenvalue weighted by atomic mass is 19.4. The molecule has 0 aliphatic carbocycles. The van der Waals surface area contributed by atoms with E-state index in [1.165, 1.54) is 12.1 Å². The van der Waals surface area contributed by atoms with Gasteiger partial charge in [0.1, 0.15) is 29.5 Å². The molecule has 6 atom stereocenters. The summed E-state index contributed by atoms with van der Waals surface area (Å²) >= 11 is 0. The van der Waals surface area contributed by atoms with Crippen molar-refractivity contribution in [1.82, 2.24) is 36.3 Å². The number of alkyl halides is 8. The lowest BCUT2D eigenvalue weighted by Gasteiger charge is -2.48. The Morgan fingerprint density at radius 3 is 1.88 bits per heavy atom. The summed E-state index contributed by atoms with van der Waals surface area (Å²) in [4.78, 5) is 65.4. The molecular formula is C54H64F10N10O8. The third-order valence-electron chi connectivity index (χ3n) is 14.9. The summed E-state index contributed by atoms with van der Waals surface area (Å²) in [6.45, 7) is 1.73. The molecule has 448 valence electrons. The number of aliphatic hydroxyl groups excluding tert-OH is 1. The van der Waals surface area contributed by atoms with Crippen molar-refractivity contribution in [2.45, 2.75) is 122 Å². The van der Waals surface area contributed by atoms with E-state index in [1.54, 1.807) is 23.6 Å². The number of alkyl carbamates (subject to hydrolysis) is 2. The molecule has 82 heavy (non-hydrogen) atoms. The zero-order chi connectivity index (χ0) is 60.6. The van der Waals surface area contributed by atoms with Crippen molar-refractivity contribution in [1.29, 1.82) is 0 Å². The van der Waals surface area contributed by atoms with Gasteiger partial charge < -0.3 is 45.9 Å². The zero-order valence-electron chi connectivity index (χ0n) is 45.7. The first-order valence-electron chi connectivity index (χ1n) is 25.6. The molecule has 2 unspecified atom stereocenters. The number of nitrogens with zero attached hydrogens (tertiary/aromatic N) is 5. The molecule has 0 spiro atoms. The van der Waals surface area contributed by atoms with Crippen molar-refractivity contribution in [2.75, 3.05) is 52.0 Å². The molecule has 3 saturated heterocycles. The standard InChI is InChI=1S/C54H64F10N10O8/c1-29-16-43(72-23-35-14-15-36(24-72)74(35)37-27-82-28-37)66-21-32(29)13-12-30-8-10-31(11-9-30)17-41(68-46(76)44(69-49(78)80-6)51(2,3)53(59,60)61)42(75)26-73(71-47(77)45(70-50(79)81-7)52(4,5)54(62,63)64)25-38-39(55)18-33(19-40(38)56)34(20-65)22-67-48(57)58/h8-11,16,18-22,35-37,41-42,44-45,48,75H,14-15,17,23-28,65H2,1-7H3,(H,68,76)(H,69,78)(H,70,79)(H,71,77)/t35?,36?,41-,42-,44+,45+/m0/s1. The number of hydrazine groups is 1. The van der Waals surface area contributed by atoms with Gasteiger partial charge in [0.2, 0.25) is 5.91 Å². The highest BCUT2D eigenvalue weighted by molar-refractivity contribution is 6.09. The lowest BCUT2D eigenvalue weighted by Crippen LogP contribution is -2.63. The Morgan fingerprint density at radius 2 is 1.40 bits per heavy atom. The van der Waals surface area contributed by atoms with Crippen LogP contribution in [-0.2, 0) is 36.8 Å².